The molecule has 0 saturated carbocycles. The smallest absolute Gasteiger partial charge is 0.232 e. The normalized spacial score (nSPS) is 23.8. The zero-order chi connectivity index (χ0) is 9.14. The highest BCUT2D eigenvalue weighted by Gasteiger charge is 2.36. The van der Waals surface area contributed by atoms with Crippen LogP contribution in [0.2, 0.25) is 0 Å². The molecule has 0 N–H and O–H groups in total. The van der Waals surface area contributed by atoms with E-state index in [-0.39, 0.29) is 17.7 Å². The minimum absolute atomic E-state index is 0.000880. The van der Waals surface area contributed by atoms with Gasteiger partial charge in [0.25, 0.3) is 0 Å². The van der Waals surface area contributed by atoms with E-state index < -0.39 is 0 Å². The van der Waals surface area contributed by atoms with Crippen molar-refractivity contribution in [1.29, 1.82) is 0 Å². The highest BCUT2D eigenvalue weighted by molar-refractivity contribution is 6.03. The van der Waals surface area contributed by atoms with Crippen LogP contribution in [-0.2, 0) is 9.59 Å². The summed E-state index contributed by atoms with van der Waals surface area (Å²) in [6.07, 6.45) is 2.25. The fourth-order valence-corrected chi connectivity index (χ4v) is 1.66. The standard InChI is InChI=1S/C9H15NO2/c1-3-5-7-6-8(11)10(4-2)9(7)12/h7H,3-6H2,1-2H3. The Balaban J connectivity index is 2.62. The van der Waals surface area contributed by atoms with Gasteiger partial charge in [0.05, 0.1) is 0 Å². The molecule has 1 atom stereocenters. The maximum Gasteiger partial charge on any atom is 0.232 e. The van der Waals surface area contributed by atoms with Crippen molar-refractivity contribution in [3.05, 3.63) is 0 Å². The number of likely N-dealkylation sites (tertiary alicyclic amines) is 1. The molecule has 3 nitrogen and oxygen atoms in total. The number of rotatable bonds is 3. The van der Waals surface area contributed by atoms with Gasteiger partial charge in [-0.05, 0) is 13.3 Å². The molecule has 1 fully saturated rings. The van der Waals surface area contributed by atoms with Crippen molar-refractivity contribution >= 4 is 11.8 Å². The molecule has 3 heteroatoms. The maximum atomic E-state index is 11.4. The van der Waals surface area contributed by atoms with Gasteiger partial charge in [0.2, 0.25) is 11.8 Å². The van der Waals surface area contributed by atoms with Gasteiger partial charge in [0, 0.05) is 18.9 Å². The van der Waals surface area contributed by atoms with Crippen LogP contribution < -0.4 is 0 Å². The Morgan fingerprint density at radius 1 is 1.42 bits per heavy atom. The second kappa shape index (κ2) is 3.70. The van der Waals surface area contributed by atoms with Crippen LogP contribution >= 0.6 is 0 Å². The van der Waals surface area contributed by atoms with Gasteiger partial charge in [-0.15, -0.1) is 0 Å². The lowest BCUT2D eigenvalue weighted by Gasteiger charge is -2.10. The summed E-state index contributed by atoms with van der Waals surface area (Å²) in [6.45, 7) is 4.40. The van der Waals surface area contributed by atoms with Crippen molar-refractivity contribution in [2.75, 3.05) is 6.54 Å². The predicted molar refractivity (Wildman–Crippen MR) is 45.4 cm³/mol. The molecule has 1 unspecified atom stereocenters. The first kappa shape index (κ1) is 9.23. The number of hydrogen-bond acceptors (Lipinski definition) is 2. The first-order chi connectivity index (χ1) is 5.70. The van der Waals surface area contributed by atoms with Crippen molar-refractivity contribution in [2.45, 2.75) is 33.1 Å². The van der Waals surface area contributed by atoms with Gasteiger partial charge in [0.15, 0.2) is 0 Å². The van der Waals surface area contributed by atoms with Crippen LogP contribution in [0.1, 0.15) is 33.1 Å². The van der Waals surface area contributed by atoms with Crippen LogP contribution in [0.5, 0.6) is 0 Å². The lowest BCUT2D eigenvalue weighted by atomic mass is 10.0. The Morgan fingerprint density at radius 2 is 2.08 bits per heavy atom. The molecule has 1 aliphatic heterocycles. The van der Waals surface area contributed by atoms with E-state index in [4.69, 9.17) is 0 Å². The molecule has 1 rings (SSSR count). The van der Waals surface area contributed by atoms with Crippen LogP contribution in [0.4, 0.5) is 0 Å². The third kappa shape index (κ3) is 1.49. The lowest BCUT2D eigenvalue weighted by Crippen LogP contribution is -2.30. The van der Waals surface area contributed by atoms with Crippen molar-refractivity contribution in [3.8, 4) is 0 Å². The SMILES string of the molecule is CCCC1CC(=O)N(CC)C1=O. The summed E-state index contributed by atoms with van der Waals surface area (Å²) in [4.78, 5) is 24.0. The third-order valence-corrected chi connectivity index (χ3v) is 2.29. The third-order valence-electron chi connectivity index (χ3n) is 2.29. The summed E-state index contributed by atoms with van der Waals surface area (Å²) in [5, 5.41) is 0. The molecule has 0 aromatic rings. The van der Waals surface area contributed by atoms with Gasteiger partial charge < -0.3 is 0 Å². The first-order valence-corrected chi connectivity index (χ1v) is 4.54. The van der Waals surface area contributed by atoms with E-state index in [1.54, 1.807) is 0 Å². The number of imide groups is 1. The summed E-state index contributed by atoms with van der Waals surface area (Å²) in [5.74, 6) is 0.00718. The zero-order valence-corrected chi connectivity index (χ0v) is 7.67. The van der Waals surface area contributed by atoms with Gasteiger partial charge in [-0.1, -0.05) is 13.3 Å². The summed E-state index contributed by atoms with van der Waals surface area (Å²) in [7, 11) is 0. The second-order valence-electron chi connectivity index (χ2n) is 3.17. The molecule has 1 aliphatic rings. The highest BCUT2D eigenvalue weighted by atomic mass is 16.2. The van der Waals surface area contributed by atoms with E-state index in [0.29, 0.717) is 13.0 Å². The maximum absolute atomic E-state index is 11.4. The number of carbonyl (C=O) groups is 2. The van der Waals surface area contributed by atoms with Crippen molar-refractivity contribution in [2.24, 2.45) is 5.92 Å². The molecule has 68 valence electrons. The molecule has 0 radical (unpaired) electrons. The Hall–Kier alpha value is -0.860. The predicted octanol–water partition coefficient (Wildman–Crippen LogP) is 1.18. The lowest BCUT2D eigenvalue weighted by molar-refractivity contribution is -0.139. The first-order valence-electron chi connectivity index (χ1n) is 4.54. The summed E-state index contributed by atoms with van der Waals surface area (Å²) >= 11 is 0. The molecule has 0 aliphatic carbocycles. The molecular formula is C9H15NO2. The van der Waals surface area contributed by atoms with Crippen LogP contribution in [-0.4, -0.2) is 23.3 Å². The van der Waals surface area contributed by atoms with Crippen LogP contribution in [0, 0.1) is 5.92 Å². The van der Waals surface area contributed by atoms with E-state index in [0.717, 1.165) is 12.8 Å². The van der Waals surface area contributed by atoms with Gasteiger partial charge in [0.1, 0.15) is 0 Å². The molecule has 0 bridgehead atoms. The molecule has 0 spiro atoms. The summed E-state index contributed by atoms with van der Waals surface area (Å²) < 4.78 is 0. The Kier molecular flexibility index (Phi) is 2.84. The molecule has 1 heterocycles. The highest BCUT2D eigenvalue weighted by Crippen LogP contribution is 2.23. The molecule has 1 saturated heterocycles. The quantitative estimate of drug-likeness (QED) is 0.595. The molecule has 0 aromatic heterocycles. The number of nitrogens with zero attached hydrogens (tertiary/aromatic N) is 1. The van der Waals surface area contributed by atoms with E-state index in [2.05, 4.69) is 0 Å². The van der Waals surface area contributed by atoms with E-state index in [1.807, 2.05) is 13.8 Å². The molecule has 0 aromatic carbocycles. The zero-order valence-electron chi connectivity index (χ0n) is 7.67. The fraction of sp³-hybridized carbons (Fsp3) is 0.778. The second-order valence-corrected chi connectivity index (χ2v) is 3.17. The summed E-state index contributed by atoms with van der Waals surface area (Å²) in [6, 6.07) is 0. The average Bonchev–Trinajstić information content (AvgIpc) is 2.29. The molecule has 12 heavy (non-hydrogen) atoms. The van der Waals surface area contributed by atoms with Gasteiger partial charge in [-0.2, -0.15) is 0 Å². The number of hydrogen-bond donors (Lipinski definition) is 0. The Morgan fingerprint density at radius 3 is 2.50 bits per heavy atom. The van der Waals surface area contributed by atoms with Crippen LogP contribution in [0.15, 0.2) is 0 Å². The fourth-order valence-electron chi connectivity index (χ4n) is 1.66. The minimum atomic E-state index is -0.0255. The van der Waals surface area contributed by atoms with Crippen molar-refractivity contribution in [3.63, 3.8) is 0 Å². The largest absolute Gasteiger partial charge is 0.283 e. The average molecular weight is 169 g/mol. The number of carbonyl (C=O) groups excluding carboxylic acids is 2. The van der Waals surface area contributed by atoms with E-state index in [9.17, 15) is 9.59 Å². The monoisotopic (exact) mass is 169 g/mol. The van der Waals surface area contributed by atoms with Crippen LogP contribution in [0.25, 0.3) is 0 Å². The minimum Gasteiger partial charge on any atom is -0.283 e. The van der Waals surface area contributed by atoms with E-state index in [1.165, 1.54) is 4.90 Å². The van der Waals surface area contributed by atoms with E-state index >= 15 is 0 Å². The molecule has 2 amide bonds. The topological polar surface area (TPSA) is 37.4 Å². The molecular weight excluding hydrogens is 154 g/mol. The van der Waals surface area contributed by atoms with Gasteiger partial charge in [-0.3, -0.25) is 14.5 Å². The van der Waals surface area contributed by atoms with Crippen molar-refractivity contribution in [1.82, 2.24) is 4.90 Å². The Labute approximate surface area is 72.7 Å². The summed E-state index contributed by atoms with van der Waals surface area (Å²) in [5.41, 5.74) is 0. The Bertz CT molecular complexity index is 201. The van der Waals surface area contributed by atoms with Gasteiger partial charge in [-0.25, -0.2) is 0 Å². The van der Waals surface area contributed by atoms with Crippen LogP contribution in [0.3, 0.4) is 0 Å². The van der Waals surface area contributed by atoms with Gasteiger partial charge >= 0.3 is 0 Å². The van der Waals surface area contributed by atoms with Crippen molar-refractivity contribution < 1.29 is 9.59 Å². The number of amides is 2.